The zero-order valence-electron chi connectivity index (χ0n) is 11.2. The van der Waals surface area contributed by atoms with E-state index in [-0.39, 0.29) is 4.90 Å². The third kappa shape index (κ3) is 4.02. The van der Waals surface area contributed by atoms with Gasteiger partial charge in [0.15, 0.2) is 0 Å². The van der Waals surface area contributed by atoms with Crippen LogP contribution in [0.25, 0.3) is 0 Å². The van der Waals surface area contributed by atoms with Crippen molar-refractivity contribution >= 4 is 26.0 Å². The molecule has 0 bridgehead atoms. The van der Waals surface area contributed by atoms with Gasteiger partial charge in [-0.25, -0.2) is 17.5 Å². The number of benzene rings is 1. The molecule has 112 valence electrons. The van der Waals surface area contributed by atoms with E-state index in [0.29, 0.717) is 18.4 Å². The summed E-state index contributed by atoms with van der Waals surface area (Å²) in [7, 11) is -3.62. The zero-order chi connectivity index (χ0) is 14.6. The number of halogens is 2. The highest BCUT2D eigenvalue weighted by atomic mass is 79.9. The second kappa shape index (κ2) is 7.00. The van der Waals surface area contributed by atoms with Gasteiger partial charge in [-0.2, -0.15) is 0 Å². The van der Waals surface area contributed by atoms with Gasteiger partial charge in [0.1, 0.15) is 5.82 Å². The van der Waals surface area contributed by atoms with Crippen molar-refractivity contribution in [3.05, 3.63) is 30.1 Å². The van der Waals surface area contributed by atoms with Crippen LogP contribution in [0.2, 0.25) is 0 Å². The van der Waals surface area contributed by atoms with Crippen molar-refractivity contribution in [1.82, 2.24) is 4.72 Å². The molecule has 0 spiro atoms. The number of hydrogen-bond acceptors (Lipinski definition) is 2. The third-order valence-corrected chi connectivity index (χ3v) is 6.16. The van der Waals surface area contributed by atoms with Crippen LogP contribution in [0.1, 0.15) is 25.7 Å². The standard InChI is InChI=1S/C14H19BrFNO2S/c15-9-11-4-1-2-5-12(11)10-17-20(18,19)14-7-3-6-13(16)8-14/h3,6-8,11-12,17H,1-2,4-5,9-10H2. The second-order valence-electron chi connectivity index (χ2n) is 5.27. The molecule has 1 N–H and O–H groups in total. The molecule has 3 nitrogen and oxygen atoms in total. The van der Waals surface area contributed by atoms with Crippen molar-refractivity contribution in [2.24, 2.45) is 11.8 Å². The van der Waals surface area contributed by atoms with Gasteiger partial charge in [-0.15, -0.1) is 0 Å². The highest BCUT2D eigenvalue weighted by molar-refractivity contribution is 9.09. The lowest BCUT2D eigenvalue weighted by atomic mass is 9.80. The molecule has 2 unspecified atom stereocenters. The Morgan fingerprint density at radius 1 is 1.25 bits per heavy atom. The summed E-state index contributed by atoms with van der Waals surface area (Å²) in [6.07, 6.45) is 4.54. The Morgan fingerprint density at radius 2 is 1.95 bits per heavy atom. The van der Waals surface area contributed by atoms with Crippen LogP contribution in [0.3, 0.4) is 0 Å². The summed E-state index contributed by atoms with van der Waals surface area (Å²) in [5.74, 6) is 0.328. The van der Waals surface area contributed by atoms with Crippen molar-refractivity contribution < 1.29 is 12.8 Å². The molecule has 1 saturated carbocycles. The van der Waals surface area contributed by atoms with E-state index in [4.69, 9.17) is 0 Å². The van der Waals surface area contributed by atoms with E-state index in [1.54, 1.807) is 0 Å². The summed E-state index contributed by atoms with van der Waals surface area (Å²) in [5.41, 5.74) is 0. The fourth-order valence-electron chi connectivity index (χ4n) is 2.69. The first-order valence-corrected chi connectivity index (χ1v) is 9.44. The van der Waals surface area contributed by atoms with E-state index >= 15 is 0 Å². The van der Waals surface area contributed by atoms with Crippen LogP contribution in [0.4, 0.5) is 4.39 Å². The molecule has 1 aliphatic carbocycles. The SMILES string of the molecule is O=S(=O)(NCC1CCCCC1CBr)c1cccc(F)c1. The molecule has 1 aliphatic rings. The van der Waals surface area contributed by atoms with Crippen molar-refractivity contribution in [2.45, 2.75) is 30.6 Å². The van der Waals surface area contributed by atoms with E-state index in [0.717, 1.165) is 30.7 Å². The number of hydrogen-bond donors (Lipinski definition) is 1. The van der Waals surface area contributed by atoms with Crippen LogP contribution >= 0.6 is 15.9 Å². The Balaban J connectivity index is 2.02. The lowest BCUT2D eigenvalue weighted by molar-refractivity contribution is 0.263. The van der Waals surface area contributed by atoms with Gasteiger partial charge < -0.3 is 0 Å². The molecule has 0 aromatic heterocycles. The van der Waals surface area contributed by atoms with Gasteiger partial charge in [0.25, 0.3) is 0 Å². The fraction of sp³-hybridized carbons (Fsp3) is 0.571. The minimum Gasteiger partial charge on any atom is -0.211 e. The zero-order valence-corrected chi connectivity index (χ0v) is 13.6. The molecule has 0 heterocycles. The highest BCUT2D eigenvalue weighted by Gasteiger charge is 2.26. The molecule has 2 rings (SSSR count). The molecule has 0 saturated heterocycles. The van der Waals surface area contributed by atoms with E-state index in [1.807, 2.05) is 0 Å². The Labute approximate surface area is 128 Å². The normalized spacial score (nSPS) is 23.7. The van der Waals surface area contributed by atoms with Gasteiger partial charge in [0.2, 0.25) is 10.0 Å². The minimum absolute atomic E-state index is 0.0105. The van der Waals surface area contributed by atoms with Gasteiger partial charge in [0, 0.05) is 11.9 Å². The van der Waals surface area contributed by atoms with Crippen LogP contribution in [0, 0.1) is 17.7 Å². The molecule has 1 fully saturated rings. The Bertz CT molecular complexity index is 550. The first-order chi connectivity index (χ1) is 9.53. The van der Waals surface area contributed by atoms with E-state index in [1.165, 1.54) is 24.6 Å². The molecular formula is C14H19BrFNO2S. The van der Waals surface area contributed by atoms with Gasteiger partial charge >= 0.3 is 0 Å². The lowest BCUT2D eigenvalue weighted by Gasteiger charge is -2.30. The second-order valence-corrected chi connectivity index (χ2v) is 7.68. The van der Waals surface area contributed by atoms with Crippen LogP contribution in [-0.4, -0.2) is 20.3 Å². The molecule has 0 amide bonds. The van der Waals surface area contributed by atoms with Crippen LogP contribution < -0.4 is 4.72 Å². The van der Waals surface area contributed by atoms with Crippen molar-refractivity contribution in [1.29, 1.82) is 0 Å². The summed E-state index contributed by atoms with van der Waals surface area (Å²) in [6.45, 7) is 0.426. The van der Waals surface area contributed by atoms with Crippen molar-refractivity contribution in [3.8, 4) is 0 Å². The molecule has 20 heavy (non-hydrogen) atoms. The molecule has 2 atom stereocenters. The van der Waals surface area contributed by atoms with Gasteiger partial charge in [-0.05, 0) is 42.9 Å². The highest BCUT2D eigenvalue weighted by Crippen LogP contribution is 2.31. The Kier molecular flexibility index (Phi) is 5.57. The predicted octanol–water partition coefficient (Wildman–Crippen LogP) is 3.31. The number of rotatable bonds is 5. The molecule has 0 aliphatic heterocycles. The largest absolute Gasteiger partial charge is 0.240 e. The monoisotopic (exact) mass is 363 g/mol. The minimum atomic E-state index is -3.62. The summed E-state index contributed by atoms with van der Waals surface area (Å²) in [4.78, 5) is -0.0105. The van der Waals surface area contributed by atoms with E-state index in [9.17, 15) is 12.8 Å². The van der Waals surface area contributed by atoms with Gasteiger partial charge in [-0.1, -0.05) is 34.8 Å². The van der Waals surface area contributed by atoms with E-state index < -0.39 is 15.8 Å². The van der Waals surface area contributed by atoms with Crippen molar-refractivity contribution in [2.75, 3.05) is 11.9 Å². The van der Waals surface area contributed by atoms with Crippen molar-refractivity contribution in [3.63, 3.8) is 0 Å². The van der Waals surface area contributed by atoms with Crippen LogP contribution in [-0.2, 0) is 10.0 Å². The first kappa shape index (κ1) is 15.9. The Morgan fingerprint density at radius 3 is 2.60 bits per heavy atom. The van der Waals surface area contributed by atoms with Gasteiger partial charge in [0.05, 0.1) is 4.90 Å². The number of nitrogens with one attached hydrogen (secondary N) is 1. The smallest absolute Gasteiger partial charge is 0.211 e. The van der Waals surface area contributed by atoms with E-state index in [2.05, 4.69) is 20.7 Å². The number of alkyl halides is 1. The molecule has 6 heteroatoms. The first-order valence-electron chi connectivity index (χ1n) is 6.84. The fourth-order valence-corrected chi connectivity index (χ4v) is 4.67. The maximum Gasteiger partial charge on any atom is 0.240 e. The van der Waals surface area contributed by atoms with Gasteiger partial charge in [-0.3, -0.25) is 0 Å². The quantitative estimate of drug-likeness (QED) is 0.815. The number of sulfonamides is 1. The topological polar surface area (TPSA) is 46.2 Å². The maximum absolute atomic E-state index is 13.1. The molecular weight excluding hydrogens is 345 g/mol. The average Bonchev–Trinajstić information content (AvgIpc) is 2.45. The average molecular weight is 364 g/mol. The summed E-state index contributed by atoms with van der Waals surface area (Å²) in [5, 5.41) is 0.902. The molecule has 1 aromatic rings. The summed E-state index contributed by atoms with van der Waals surface area (Å²) < 4.78 is 40.0. The maximum atomic E-state index is 13.1. The predicted molar refractivity (Wildman–Crippen MR) is 80.8 cm³/mol. The van der Waals surface area contributed by atoms with Crippen LogP contribution in [0.5, 0.6) is 0 Å². The van der Waals surface area contributed by atoms with Crippen LogP contribution in [0.15, 0.2) is 29.2 Å². The Hall–Kier alpha value is -0.460. The molecule has 0 radical (unpaired) electrons. The third-order valence-electron chi connectivity index (χ3n) is 3.91. The molecule has 1 aromatic carbocycles. The lowest BCUT2D eigenvalue weighted by Crippen LogP contribution is -2.34. The summed E-state index contributed by atoms with van der Waals surface area (Å²) >= 11 is 3.50. The summed E-state index contributed by atoms with van der Waals surface area (Å²) in [6, 6.07) is 5.10.